The van der Waals surface area contributed by atoms with Crippen LogP contribution in [0.15, 0.2) is 71.1 Å². The second kappa shape index (κ2) is 10.8. The van der Waals surface area contributed by atoms with Crippen molar-refractivity contribution in [2.45, 2.75) is 0 Å². The van der Waals surface area contributed by atoms with Crippen LogP contribution in [0, 0.1) is 0 Å². The first-order chi connectivity index (χ1) is 18.1. The highest BCUT2D eigenvalue weighted by molar-refractivity contribution is 7.92. The van der Waals surface area contributed by atoms with Crippen molar-refractivity contribution in [3.8, 4) is 17.1 Å². The lowest BCUT2D eigenvalue weighted by molar-refractivity contribution is 0.0640. The van der Waals surface area contributed by atoms with E-state index in [1.165, 1.54) is 19.2 Å². The van der Waals surface area contributed by atoms with Gasteiger partial charge in [0.1, 0.15) is 22.7 Å². The minimum absolute atomic E-state index is 0.0739. The Labute approximate surface area is 218 Å². The molecule has 4 rings (SSSR count). The maximum atomic E-state index is 12.9. The van der Waals surface area contributed by atoms with Gasteiger partial charge in [-0.15, -0.1) is 0 Å². The molecular weight excluding hydrogens is 514 g/mol. The van der Waals surface area contributed by atoms with Crippen LogP contribution in [-0.2, 0) is 14.8 Å². The number of nitrogens with two attached hydrogens (primary N) is 1. The zero-order chi connectivity index (χ0) is 27.4. The van der Waals surface area contributed by atoms with Crippen LogP contribution in [0.1, 0.15) is 10.4 Å². The van der Waals surface area contributed by atoms with E-state index in [-0.39, 0.29) is 40.3 Å². The van der Waals surface area contributed by atoms with E-state index in [1.54, 1.807) is 24.3 Å². The van der Waals surface area contributed by atoms with Crippen LogP contribution in [-0.4, -0.2) is 52.1 Å². The maximum Gasteiger partial charge on any atom is 0.412 e. The van der Waals surface area contributed by atoms with Crippen molar-refractivity contribution in [2.75, 3.05) is 36.1 Å². The van der Waals surface area contributed by atoms with Crippen molar-refractivity contribution in [1.29, 1.82) is 0 Å². The number of esters is 1. The number of para-hydroxylation sites is 1. The van der Waals surface area contributed by atoms with Crippen molar-refractivity contribution >= 4 is 50.1 Å². The summed E-state index contributed by atoms with van der Waals surface area (Å²) in [5.41, 5.74) is 7.33. The normalized spacial score (nSPS) is 11.2. The molecule has 4 N–H and O–H groups in total. The van der Waals surface area contributed by atoms with Crippen molar-refractivity contribution in [2.24, 2.45) is 5.73 Å². The number of carbonyl (C=O) groups excluding carboxylic acids is 2. The van der Waals surface area contributed by atoms with Gasteiger partial charge in [0.25, 0.3) is 0 Å². The Balaban J connectivity index is 1.86. The summed E-state index contributed by atoms with van der Waals surface area (Å²) < 4.78 is 41.8. The molecule has 4 aromatic rings. The van der Waals surface area contributed by atoms with E-state index < -0.39 is 28.7 Å². The number of furan rings is 1. The van der Waals surface area contributed by atoms with E-state index in [9.17, 15) is 23.1 Å². The average Bonchev–Trinajstić information content (AvgIpc) is 3.25. The molecule has 1 amide bonds. The first-order valence-corrected chi connectivity index (χ1v) is 13.1. The quantitative estimate of drug-likeness (QED) is 0.212. The van der Waals surface area contributed by atoms with E-state index in [0.29, 0.717) is 5.56 Å². The van der Waals surface area contributed by atoms with Crippen molar-refractivity contribution in [3.63, 3.8) is 0 Å². The summed E-state index contributed by atoms with van der Waals surface area (Å²) in [6.07, 6.45) is -0.312. The Morgan fingerprint density at radius 2 is 1.71 bits per heavy atom. The van der Waals surface area contributed by atoms with Gasteiger partial charge in [0.05, 0.1) is 32.2 Å². The number of aliphatic hydroxyl groups is 1. The second-order valence-electron chi connectivity index (χ2n) is 8.16. The Bertz CT molecular complexity index is 1580. The topological polar surface area (TPSA) is 161 Å². The number of benzene rings is 3. The van der Waals surface area contributed by atoms with E-state index in [0.717, 1.165) is 21.9 Å². The number of sulfonamides is 1. The predicted molar refractivity (Wildman–Crippen MR) is 142 cm³/mol. The largest absolute Gasteiger partial charge is 0.495 e. The van der Waals surface area contributed by atoms with Crippen LogP contribution >= 0.6 is 0 Å². The van der Waals surface area contributed by atoms with Gasteiger partial charge >= 0.3 is 12.1 Å². The third-order valence-corrected chi connectivity index (χ3v) is 6.75. The number of fused-ring (bicyclic) bond motifs is 1. The molecule has 0 spiro atoms. The summed E-state index contributed by atoms with van der Waals surface area (Å²) in [5, 5.41) is 12.9. The fraction of sp³-hybridized carbons (Fsp3) is 0.154. The zero-order valence-electron chi connectivity index (χ0n) is 20.5. The van der Waals surface area contributed by atoms with Gasteiger partial charge in [0.2, 0.25) is 10.0 Å². The molecule has 0 bridgehead atoms. The van der Waals surface area contributed by atoms with Crippen molar-refractivity contribution in [3.05, 3.63) is 72.3 Å². The Hall–Kier alpha value is -4.55. The van der Waals surface area contributed by atoms with Crippen LogP contribution in [0.2, 0.25) is 0 Å². The third-order valence-electron chi connectivity index (χ3n) is 5.57. The van der Waals surface area contributed by atoms with Gasteiger partial charge in [-0.25, -0.2) is 18.0 Å². The summed E-state index contributed by atoms with van der Waals surface area (Å²) >= 11 is 0. The molecule has 11 nitrogen and oxygen atoms in total. The number of rotatable bonds is 9. The molecule has 0 aliphatic carbocycles. The molecule has 0 unspecified atom stereocenters. The molecule has 198 valence electrons. The van der Waals surface area contributed by atoms with Crippen molar-refractivity contribution in [1.82, 2.24) is 0 Å². The smallest absolute Gasteiger partial charge is 0.412 e. The number of amides is 1. The molecule has 38 heavy (non-hydrogen) atoms. The number of aliphatic hydroxyl groups excluding tert-OH is 1. The molecule has 0 radical (unpaired) electrons. The van der Waals surface area contributed by atoms with Crippen LogP contribution in [0.4, 0.5) is 21.9 Å². The first kappa shape index (κ1) is 26.5. The Kier molecular flexibility index (Phi) is 7.55. The number of methoxy groups -OCH3 is 1. The molecular formula is C26H25N3O8S. The summed E-state index contributed by atoms with van der Waals surface area (Å²) in [5.74, 6) is -0.896. The van der Waals surface area contributed by atoms with E-state index in [2.05, 4.69) is 10.1 Å². The van der Waals surface area contributed by atoms with Gasteiger partial charge in [-0.1, -0.05) is 18.2 Å². The van der Waals surface area contributed by atoms with Crippen LogP contribution in [0.25, 0.3) is 22.3 Å². The summed E-state index contributed by atoms with van der Waals surface area (Å²) in [6, 6.07) is 19.3. The number of ether oxygens (including phenoxy) is 2. The van der Waals surface area contributed by atoms with Crippen molar-refractivity contribution < 1.29 is 37.0 Å². The number of nitrogens with one attached hydrogen (secondary N) is 1. The van der Waals surface area contributed by atoms with Gasteiger partial charge in [0, 0.05) is 28.4 Å². The summed E-state index contributed by atoms with van der Waals surface area (Å²) in [7, 11) is -2.48. The highest BCUT2D eigenvalue weighted by atomic mass is 32.2. The molecule has 0 aliphatic heterocycles. The first-order valence-electron chi connectivity index (χ1n) is 11.3. The maximum absolute atomic E-state index is 12.9. The number of carbonyl (C=O) groups is 2. The molecule has 3 aromatic carbocycles. The number of hydrogen-bond donors (Lipinski definition) is 3. The Morgan fingerprint density at radius 1 is 1.05 bits per heavy atom. The molecule has 0 fully saturated rings. The predicted octanol–water partition coefficient (Wildman–Crippen LogP) is 3.85. The van der Waals surface area contributed by atoms with Gasteiger partial charge in [-0.3, -0.25) is 4.31 Å². The minimum atomic E-state index is -3.81. The number of nitrogens with zero attached hydrogens (tertiary/aromatic N) is 1. The minimum Gasteiger partial charge on any atom is -0.495 e. The van der Waals surface area contributed by atoms with Gasteiger partial charge in [-0.2, -0.15) is 0 Å². The summed E-state index contributed by atoms with van der Waals surface area (Å²) in [6.45, 7) is -0.683. The Morgan fingerprint density at radius 3 is 2.29 bits per heavy atom. The number of primary amides is 1. The van der Waals surface area contributed by atoms with Gasteiger partial charge in [0.15, 0.2) is 0 Å². The lowest BCUT2D eigenvalue weighted by atomic mass is 10.0. The standard InChI is InChI=1S/C26H25N3O8S/c1-35-22-14-19-21(15-20(22)29(12-13-30)38(2,33)34)36-24(23(19)25(31)37-26(27)32)16-8-10-18(11-9-16)28-17-6-4-3-5-7-17/h3-11,14-15,28,30H,12-13H2,1-2H3,(H2,27,32). The van der Waals surface area contributed by atoms with Crippen LogP contribution < -0.4 is 20.1 Å². The molecule has 0 atom stereocenters. The molecule has 0 saturated carbocycles. The SMILES string of the molecule is COc1cc2c(C(=O)OC(N)=O)c(-c3ccc(Nc4ccccc4)cc3)oc2cc1N(CCO)S(C)(=O)=O. The monoisotopic (exact) mass is 539 g/mol. The highest BCUT2D eigenvalue weighted by Gasteiger charge is 2.29. The lowest BCUT2D eigenvalue weighted by Gasteiger charge is -2.23. The van der Waals surface area contributed by atoms with E-state index >= 15 is 0 Å². The highest BCUT2D eigenvalue weighted by Crippen LogP contribution is 2.41. The molecule has 0 saturated heterocycles. The lowest BCUT2D eigenvalue weighted by Crippen LogP contribution is -2.32. The number of anilines is 3. The van der Waals surface area contributed by atoms with Gasteiger partial charge < -0.3 is 30.0 Å². The van der Waals surface area contributed by atoms with Gasteiger partial charge in [-0.05, 0) is 42.5 Å². The fourth-order valence-electron chi connectivity index (χ4n) is 3.97. The summed E-state index contributed by atoms with van der Waals surface area (Å²) in [4.78, 5) is 24.3. The number of hydrogen-bond acceptors (Lipinski definition) is 9. The third kappa shape index (κ3) is 5.56. The van der Waals surface area contributed by atoms with E-state index in [1.807, 2.05) is 30.3 Å². The van der Waals surface area contributed by atoms with E-state index in [4.69, 9.17) is 14.9 Å². The molecule has 1 aromatic heterocycles. The molecule has 0 aliphatic rings. The zero-order valence-corrected chi connectivity index (χ0v) is 21.3. The van der Waals surface area contributed by atoms with Crippen LogP contribution in [0.3, 0.4) is 0 Å². The fourth-order valence-corrected chi connectivity index (χ4v) is 4.88. The molecule has 1 heterocycles. The average molecular weight is 540 g/mol. The second-order valence-corrected chi connectivity index (χ2v) is 10.1. The molecule has 12 heteroatoms. The van der Waals surface area contributed by atoms with Crippen LogP contribution in [0.5, 0.6) is 5.75 Å².